The van der Waals surface area contributed by atoms with Crippen LogP contribution in [0, 0.1) is 17.8 Å². The van der Waals surface area contributed by atoms with Crippen LogP contribution in [0.2, 0.25) is 0 Å². The number of ether oxygens (including phenoxy) is 1. The smallest absolute Gasteiger partial charge is 0.238 e. The maximum absolute atomic E-state index is 13.9. The average Bonchev–Trinajstić information content (AvgIpc) is 3.77. The van der Waals surface area contributed by atoms with E-state index in [9.17, 15) is 14.7 Å². The van der Waals surface area contributed by atoms with Crippen molar-refractivity contribution in [1.29, 1.82) is 0 Å². The van der Waals surface area contributed by atoms with Crippen LogP contribution in [0.4, 0.5) is 17.1 Å². The zero-order chi connectivity index (χ0) is 30.9. The topological polar surface area (TPSA) is 105 Å². The van der Waals surface area contributed by atoms with Crippen molar-refractivity contribution in [2.75, 3.05) is 16.8 Å². The number of anilines is 3. The highest BCUT2D eigenvalue weighted by molar-refractivity contribution is 6.22. The van der Waals surface area contributed by atoms with Crippen molar-refractivity contribution in [3.05, 3.63) is 119 Å². The van der Waals surface area contributed by atoms with Gasteiger partial charge in [-0.2, -0.15) is 0 Å². The van der Waals surface area contributed by atoms with E-state index >= 15 is 0 Å². The largest absolute Gasteiger partial charge is 0.459 e. The quantitative estimate of drug-likeness (QED) is 0.161. The van der Waals surface area contributed by atoms with E-state index in [0.717, 1.165) is 28.2 Å². The summed E-state index contributed by atoms with van der Waals surface area (Å²) < 4.78 is 12.1. The monoisotopic (exact) mass is 601 g/mol. The summed E-state index contributed by atoms with van der Waals surface area (Å²) in [5, 5.41) is 12.8. The number of pyridine rings is 1. The Kier molecular flexibility index (Phi) is 7.92. The molecule has 0 bridgehead atoms. The van der Waals surface area contributed by atoms with Gasteiger partial charge in [0.2, 0.25) is 11.8 Å². The van der Waals surface area contributed by atoms with Gasteiger partial charge in [-0.25, -0.2) is 0 Å². The molecule has 4 atom stereocenters. The molecule has 8 nitrogen and oxygen atoms in total. The van der Waals surface area contributed by atoms with E-state index in [1.807, 2.05) is 84.9 Å². The number of nitrogens with zero attached hydrogens (tertiary/aromatic N) is 2. The zero-order valence-electron chi connectivity index (χ0n) is 25.1. The van der Waals surface area contributed by atoms with Gasteiger partial charge in [0.1, 0.15) is 18.1 Å². The first-order valence-electron chi connectivity index (χ1n) is 15.4. The highest BCUT2D eigenvalue weighted by Gasteiger charge is 2.56. The zero-order valence-corrected chi connectivity index (χ0v) is 25.1. The Bertz CT molecular complexity index is 1760. The number of furan rings is 1. The summed E-state index contributed by atoms with van der Waals surface area (Å²) in [5.41, 5.74) is 6.61. The Morgan fingerprint density at radius 2 is 1.73 bits per heavy atom. The Morgan fingerprint density at radius 1 is 0.956 bits per heavy atom. The summed E-state index contributed by atoms with van der Waals surface area (Å²) in [7, 11) is 0. The van der Waals surface area contributed by atoms with Crippen LogP contribution < -0.4 is 10.2 Å². The first-order valence-corrected chi connectivity index (χ1v) is 15.4. The summed E-state index contributed by atoms with van der Waals surface area (Å²) in [4.78, 5) is 33.6. The van der Waals surface area contributed by atoms with Gasteiger partial charge in [-0.15, -0.1) is 0 Å². The number of carbonyl (C=O) groups excluding carboxylic acids is 2. The van der Waals surface area contributed by atoms with Crippen molar-refractivity contribution >= 4 is 40.5 Å². The molecule has 1 aliphatic carbocycles. The van der Waals surface area contributed by atoms with Crippen LogP contribution in [0.5, 0.6) is 0 Å². The van der Waals surface area contributed by atoms with E-state index < -0.39 is 5.92 Å². The molecule has 2 aromatic carbocycles. The number of imide groups is 1. The molecule has 2 amide bonds. The summed E-state index contributed by atoms with van der Waals surface area (Å²) in [6, 6.07) is 26.7. The number of nitrogens with one attached hydrogen (secondary N) is 1. The van der Waals surface area contributed by atoms with E-state index in [4.69, 9.17) is 9.15 Å². The number of hydrogen-bond acceptors (Lipinski definition) is 7. The maximum atomic E-state index is 13.9. The number of hydrogen-bond donors (Lipinski definition) is 2. The van der Waals surface area contributed by atoms with Gasteiger partial charge in [-0.05, 0) is 104 Å². The van der Waals surface area contributed by atoms with E-state index in [1.165, 1.54) is 10.5 Å². The molecule has 0 radical (unpaired) electrons. The molecule has 3 aliphatic rings. The number of aliphatic hydroxyl groups excluding tert-OH is 1. The van der Waals surface area contributed by atoms with Crippen molar-refractivity contribution in [2.45, 2.75) is 38.9 Å². The molecule has 7 rings (SSSR count). The first-order chi connectivity index (χ1) is 22.0. The minimum Gasteiger partial charge on any atom is -0.459 e. The molecule has 0 spiro atoms. The van der Waals surface area contributed by atoms with Gasteiger partial charge in [0.25, 0.3) is 0 Å². The highest BCUT2D eigenvalue weighted by Crippen LogP contribution is 2.50. The molecule has 2 saturated heterocycles. The lowest BCUT2D eigenvalue weighted by Gasteiger charge is -2.30. The van der Waals surface area contributed by atoms with E-state index in [0.29, 0.717) is 43.1 Å². The van der Waals surface area contributed by atoms with Crippen LogP contribution in [0.3, 0.4) is 0 Å². The van der Waals surface area contributed by atoms with Gasteiger partial charge >= 0.3 is 0 Å². The molecule has 8 heteroatoms. The van der Waals surface area contributed by atoms with Gasteiger partial charge in [0, 0.05) is 23.5 Å². The predicted molar refractivity (Wildman–Crippen MR) is 172 cm³/mol. The van der Waals surface area contributed by atoms with Crippen LogP contribution in [0.15, 0.2) is 107 Å². The minimum absolute atomic E-state index is 0.117. The summed E-state index contributed by atoms with van der Waals surface area (Å²) in [6.07, 6.45) is 5.53. The van der Waals surface area contributed by atoms with Gasteiger partial charge in [-0.3, -0.25) is 19.5 Å². The Hall–Kier alpha value is -4.79. The van der Waals surface area contributed by atoms with Crippen molar-refractivity contribution < 1.29 is 23.8 Å². The molecule has 2 aliphatic heterocycles. The van der Waals surface area contributed by atoms with Crippen molar-refractivity contribution in [2.24, 2.45) is 17.8 Å². The number of allylic oxidation sites excluding steroid dienone is 2. The van der Waals surface area contributed by atoms with Crippen LogP contribution in [-0.4, -0.2) is 34.6 Å². The van der Waals surface area contributed by atoms with Crippen molar-refractivity contribution in [1.82, 2.24) is 4.98 Å². The number of carbonyl (C=O) groups is 2. The van der Waals surface area contributed by atoms with Crippen LogP contribution in [-0.2, 0) is 20.9 Å². The Labute approximate surface area is 262 Å². The third-order valence-corrected chi connectivity index (χ3v) is 9.16. The number of rotatable bonds is 9. The fourth-order valence-corrected chi connectivity index (χ4v) is 7.11. The third-order valence-electron chi connectivity index (χ3n) is 9.16. The number of aromatic nitrogens is 1. The number of para-hydroxylation sites is 1. The average molecular weight is 602 g/mol. The van der Waals surface area contributed by atoms with E-state index in [2.05, 4.69) is 17.2 Å². The maximum Gasteiger partial charge on any atom is 0.238 e. The second-order valence-electron chi connectivity index (χ2n) is 11.9. The summed E-state index contributed by atoms with van der Waals surface area (Å²) in [5.74, 6) is -0.0240. The molecular formula is C37H35N3O5. The van der Waals surface area contributed by atoms with Gasteiger partial charge < -0.3 is 19.6 Å². The summed E-state index contributed by atoms with van der Waals surface area (Å²) in [6.45, 7) is 2.35. The van der Waals surface area contributed by atoms with Gasteiger partial charge in [0.15, 0.2) is 0 Å². The standard InChI is InChI=1S/C37H35N3O5/c1-23-19-30-35(37(43)40(36(30)42)27-13-11-26(12-14-27)39-25-7-3-2-4-8-25)31-22-44-33(34(23)31)17-10-24(32-9-5-6-18-38-32)20-28-15-16-29(21-41)45-28/h2-9,11-16,18,20,30-31,33,35,39,41H,10,17,19,21-22H2,1H3/b24-20-/t30-,31+,33-,35-/m1/s1. The van der Waals surface area contributed by atoms with E-state index in [1.54, 1.807) is 12.3 Å². The fraction of sp³-hybridized carbons (Fsp3) is 0.270. The van der Waals surface area contributed by atoms with Crippen LogP contribution >= 0.6 is 0 Å². The molecule has 2 N–H and O–H groups in total. The predicted octanol–water partition coefficient (Wildman–Crippen LogP) is 6.77. The molecule has 228 valence electrons. The molecule has 45 heavy (non-hydrogen) atoms. The Morgan fingerprint density at radius 3 is 2.47 bits per heavy atom. The second-order valence-corrected chi connectivity index (χ2v) is 11.9. The molecule has 4 heterocycles. The molecule has 0 saturated carbocycles. The molecular weight excluding hydrogens is 566 g/mol. The number of benzene rings is 2. The van der Waals surface area contributed by atoms with E-state index in [-0.39, 0.29) is 36.4 Å². The van der Waals surface area contributed by atoms with Gasteiger partial charge in [0.05, 0.1) is 35.9 Å². The number of aliphatic hydroxyl groups is 1. The minimum atomic E-state index is -0.422. The highest BCUT2D eigenvalue weighted by atomic mass is 16.5. The lowest BCUT2D eigenvalue weighted by molar-refractivity contribution is -0.122. The molecule has 0 unspecified atom stereocenters. The first kappa shape index (κ1) is 29.0. The SMILES string of the molecule is CC1=C2[C@@H](CC/C(=C/c3ccc(CO)o3)c3ccccn3)OC[C@@H]2[C@@H]2C(=O)N(c3ccc(Nc4ccccc4)cc3)C(=O)[C@@H]2C1. The number of fused-ring (bicyclic) bond motifs is 3. The lowest BCUT2D eigenvalue weighted by Crippen LogP contribution is -2.34. The fourth-order valence-electron chi connectivity index (χ4n) is 7.11. The van der Waals surface area contributed by atoms with Gasteiger partial charge in [-0.1, -0.05) is 29.8 Å². The number of amides is 2. The molecule has 4 aromatic rings. The van der Waals surface area contributed by atoms with Crippen molar-refractivity contribution in [3.63, 3.8) is 0 Å². The normalized spacial score (nSPS) is 23.0. The van der Waals surface area contributed by atoms with Crippen molar-refractivity contribution in [3.8, 4) is 0 Å². The molecule has 2 aromatic heterocycles. The van der Waals surface area contributed by atoms with Crippen LogP contribution in [0.1, 0.15) is 43.4 Å². The van der Waals surface area contributed by atoms with Crippen LogP contribution in [0.25, 0.3) is 11.6 Å². The third kappa shape index (κ3) is 5.63. The molecule has 2 fully saturated rings. The Balaban J connectivity index is 1.08. The second kappa shape index (κ2) is 12.3. The summed E-state index contributed by atoms with van der Waals surface area (Å²) >= 11 is 0. The lowest BCUT2D eigenvalue weighted by atomic mass is 9.70.